The monoisotopic (exact) mass is 387 g/mol. The van der Waals surface area contributed by atoms with Crippen molar-refractivity contribution in [2.45, 2.75) is 44.9 Å². The summed E-state index contributed by atoms with van der Waals surface area (Å²) in [4.78, 5) is 13.5. The van der Waals surface area contributed by atoms with Gasteiger partial charge in [0.1, 0.15) is 11.5 Å². The Labute approximate surface area is 166 Å². The second kappa shape index (κ2) is 9.70. The molecule has 5 heteroatoms. The topological polar surface area (TPSA) is 47.6 Å². The minimum absolute atomic E-state index is 0.0745. The van der Waals surface area contributed by atoms with Gasteiger partial charge in [0.25, 0.3) is 0 Å². The summed E-state index contributed by atoms with van der Waals surface area (Å²) in [7, 11) is 0. The molecule has 0 aromatic heterocycles. The first-order valence-electron chi connectivity index (χ1n) is 9.26. The van der Waals surface area contributed by atoms with Crippen LogP contribution >= 0.6 is 11.8 Å². The third-order valence-corrected chi connectivity index (χ3v) is 4.94. The summed E-state index contributed by atoms with van der Waals surface area (Å²) in [5.74, 6) is 1.62. The number of anilines is 1. The van der Waals surface area contributed by atoms with Crippen LogP contribution in [0.15, 0.2) is 47.4 Å². The van der Waals surface area contributed by atoms with Gasteiger partial charge in [0, 0.05) is 11.0 Å². The summed E-state index contributed by atoms with van der Waals surface area (Å²) in [6.45, 7) is 11.5. The van der Waals surface area contributed by atoms with Gasteiger partial charge in [-0.2, -0.15) is 0 Å². The van der Waals surface area contributed by atoms with E-state index in [1.165, 1.54) is 17.3 Å². The van der Waals surface area contributed by atoms with E-state index in [0.29, 0.717) is 36.2 Å². The maximum Gasteiger partial charge on any atom is 0.234 e. The van der Waals surface area contributed by atoms with Crippen molar-refractivity contribution in [1.29, 1.82) is 0 Å². The predicted molar refractivity (Wildman–Crippen MR) is 113 cm³/mol. The zero-order valence-corrected chi connectivity index (χ0v) is 17.6. The molecule has 0 heterocycles. The van der Waals surface area contributed by atoms with Crippen molar-refractivity contribution in [3.8, 4) is 11.5 Å². The van der Waals surface area contributed by atoms with Crippen molar-refractivity contribution in [2.75, 3.05) is 24.3 Å². The Morgan fingerprint density at radius 2 is 1.67 bits per heavy atom. The van der Waals surface area contributed by atoms with Crippen LogP contribution in [0.25, 0.3) is 0 Å². The Hall–Kier alpha value is -2.14. The van der Waals surface area contributed by atoms with Gasteiger partial charge in [-0.25, -0.2) is 0 Å². The number of benzene rings is 2. The van der Waals surface area contributed by atoms with Crippen LogP contribution in [0.5, 0.6) is 11.5 Å². The van der Waals surface area contributed by atoms with E-state index in [9.17, 15) is 4.79 Å². The quantitative estimate of drug-likeness (QED) is 0.607. The molecule has 0 radical (unpaired) electrons. The van der Waals surface area contributed by atoms with Crippen LogP contribution in [-0.4, -0.2) is 24.9 Å². The van der Waals surface area contributed by atoms with Crippen LogP contribution in [0.2, 0.25) is 0 Å². The Morgan fingerprint density at radius 1 is 1.00 bits per heavy atom. The van der Waals surface area contributed by atoms with E-state index in [0.717, 1.165) is 4.90 Å². The van der Waals surface area contributed by atoms with Gasteiger partial charge in [-0.05, 0) is 49.1 Å². The molecule has 2 aromatic rings. The molecule has 1 N–H and O–H groups in total. The number of carbonyl (C=O) groups is 1. The number of hydrogen-bond acceptors (Lipinski definition) is 4. The number of carbonyl (C=O) groups excluding carboxylic acids is 1. The molecule has 0 saturated carbocycles. The third kappa shape index (κ3) is 6.51. The molecule has 0 atom stereocenters. The lowest BCUT2D eigenvalue weighted by atomic mass is 9.87. The van der Waals surface area contributed by atoms with E-state index in [1.807, 2.05) is 26.0 Å². The molecular formula is C22H29NO3S. The molecule has 2 aromatic carbocycles. The van der Waals surface area contributed by atoms with Crippen LogP contribution in [0.1, 0.15) is 40.2 Å². The van der Waals surface area contributed by atoms with Crippen LogP contribution in [0.3, 0.4) is 0 Å². The molecule has 0 saturated heterocycles. The van der Waals surface area contributed by atoms with Gasteiger partial charge >= 0.3 is 0 Å². The van der Waals surface area contributed by atoms with Crippen LogP contribution in [-0.2, 0) is 10.2 Å². The average molecular weight is 388 g/mol. The summed E-state index contributed by atoms with van der Waals surface area (Å²) in [5, 5.41) is 2.94. The van der Waals surface area contributed by atoms with Crippen LogP contribution < -0.4 is 14.8 Å². The van der Waals surface area contributed by atoms with Gasteiger partial charge < -0.3 is 14.8 Å². The van der Waals surface area contributed by atoms with Crippen LogP contribution in [0.4, 0.5) is 5.69 Å². The third-order valence-electron chi connectivity index (χ3n) is 3.93. The Balaban J connectivity index is 1.99. The first kappa shape index (κ1) is 21.2. The Bertz CT molecular complexity index is 751. The number of hydrogen-bond donors (Lipinski definition) is 1. The lowest BCUT2D eigenvalue weighted by Gasteiger charge is -2.19. The number of ether oxygens (including phenoxy) is 2. The Kier molecular flexibility index (Phi) is 7.60. The first-order chi connectivity index (χ1) is 12.8. The van der Waals surface area contributed by atoms with Crippen molar-refractivity contribution >= 4 is 23.4 Å². The van der Waals surface area contributed by atoms with Gasteiger partial charge in [0.05, 0.1) is 24.7 Å². The van der Waals surface area contributed by atoms with E-state index < -0.39 is 0 Å². The smallest absolute Gasteiger partial charge is 0.234 e. The molecular weight excluding hydrogens is 358 g/mol. The molecule has 0 aliphatic rings. The largest absolute Gasteiger partial charge is 0.494 e. The lowest BCUT2D eigenvalue weighted by Crippen LogP contribution is -2.15. The van der Waals surface area contributed by atoms with E-state index in [4.69, 9.17) is 9.47 Å². The van der Waals surface area contributed by atoms with Gasteiger partial charge in [0.15, 0.2) is 0 Å². The maximum absolute atomic E-state index is 12.4. The number of thioether (sulfide) groups is 1. The molecule has 0 fully saturated rings. The molecule has 0 unspecified atom stereocenters. The molecule has 2 rings (SSSR count). The highest BCUT2D eigenvalue weighted by Crippen LogP contribution is 2.30. The molecule has 4 nitrogen and oxygen atoms in total. The molecule has 146 valence electrons. The predicted octanol–water partition coefficient (Wildman–Crippen LogP) is 5.51. The van der Waals surface area contributed by atoms with Crippen molar-refractivity contribution in [1.82, 2.24) is 0 Å². The summed E-state index contributed by atoms with van der Waals surface area (Å²) in [6.07, 6.45) is 0. The normalized spacial score (nSPS) is 11.1. The van der Waals surface area contributed by atoms with Gasteiger partial charge in [0.2, 0.25) is 5.91 Å². The molecule has 0 spiro atoms. The average Bonchev–Trinajstić information content (AvgIpc) is 2.62. The highest BCUT2D eigenvalue weighted by atomic mass is 32.2. The molecule has 0 aliphatic carbocycles. The SMILES string of the molecule is CCOc1ccc(OCC)c(NC(=O)CSc2ccc(C(C)(C)C)cc2)c1. The summed E-state index contributed by atoms with van der Waals surface area (Å²) in [6, 6.07) is 13.9. The van der Waals surface area contributed by atoms with E-state index in [1.54, 1.807) is 6.07 Å². The minimum atomic E-state index is -0.0745. The summed E-state index contributed by atoms with van der Waals surface area (Å²) >= 11 is 1.52. The molecule has 1 amide bonds. The second-order valence-electron chi connectivity index (χ2n) is 7.14. The Morgan fingerprint density at radius 3 is 2.26 bits per heavy atom. The zero-order chi connectivity index (χ0) is 19.9. The summed E-state index contributed by atoms with van der Waals surface area (Å²) < 4.78 is 11.1. The second-order valence-corrected chi connectivity index (χ2v) is 8.18. The van der Waals surface area contributed by atoms with Crippen molar-refractivity contribution in [3.05, 3.63) is 48.0 Å². The fourth-order valence-corrected chi connectivity index (χ4v) is 3.23. The maximum atomic E-state index is 12.4. The summed E-state index contributed by atoms with van der Waals surface area (Å²) in [5.41, 5.74) is 2.05. The van der Waals surface area contributed by atoms with Gasteiger partial charge in [-0.1, -0.05) is 32.9 Å². The highest BCUT2D eigenvalue weighted by Gasteiger charge is 2.14. The molecule has 0 bridgehead atoms. The number of nitrogens with one attached hydrogen (secondary N) is 1. The van der Waals surface area contributed by atoms with Gasteiger partial charge in [-0.15, -0.1) is 11.8 Å². The highest BCUT2D eigenvalue weighted by molar-refractivity contribution is 8.00. The zero-order valence-electron chi connectivity index (χ0n) is 16.8. The van der Waals surface area contributed by atoms with Gasteiger partial charge in [-0.3, -0.25) is 4.79 Å². The molecule has 0 aliphatic heterocycles. The van der Waals surface area contributed by atoms with Crippen LogP contribution in [0, 0.1) is 0 Å². The molecule has 27 heavy (non-hydrogen) atoms. The number of rotatable bonds is 8. The van der Waals surface area contributed by atoms with E-state index >= 15 is 0 Å². The standard InChI is InChI=1S/C22H29NO3S/c1-6-25-17-10-13-20(26-7-2)19(14-17)23-21(24)15-27-18-11-8-16(9-12-18)22(3,4)5/h8-14H,6-7,15H2,1-5H3,(H,23,24). The fourth-order valence-electron chi connectivity index (χ4n) is 2.53. The van der Waals surface area contributed by atoms with Crippen molar-refractivity contribution < 1.29 is 14.3 Å². The van der Waals surface area contributed by atoms with Crippen molar-refractivity contribution in [2.24, 2.45) is 0 Å². The van der Waals surface area contributed by atoms with E-state index in [-0.39, 0.29) is 11.3 Å². The van der Waals surface area contributed by atoms with E-state index in [2.05, 4.69) is 50.4 Å². The minimum Gasteiger partial charge on any atom is -0.494 e. The fraction of sp³-hybridized carbons (Fsp3) is 0.409. The van der Waals surface area contributed by atoms with Crippen molar-refractivity contribution in [3.63, 3.8) is 0 Å². The first-order valence-corrected chi connectivity index (χ1v) is 10.2. The lowest BCUT2D eigenvalue weighted by molar-refractivity contribution is -0.113. The number of amides is 1.